The Bertz CT molecular complexity index is 428. The number of benzene rings is 1. The predicted molar refractivity (Wildman–Crippen MR) is 74.7 cm³/mol. The zero-order valence-electron chi connectivity index (χ0n) is 11.2. The van der Waals surface area contributed by atoms with Crippen LogP contribution >= 0.6 is 0 Å². The average molecular weight is 246 g/mol. The van der Waals surface area contributed by atoms with Gasteiger partial charge in [-0.3, -0.25) is 4.79 Å². The summed E-state index contributed by atoms with van der Waals surface area (Å²) in [6.07, 6.45) is 2.34. The molecular weight excluding hydrogens is 224 g/mol. The Balaban J connectivity index is 2.15. The van der Waals surface area contributed by atoms with E-state index in [9.17, 15) is 4.79 Å². The van der Waals surface area contributed by atoms with E-state index in [-0.39, 0.29) is 11.9 Å². The quantitative estimate of drug-likeness (QED) is 0.891. The zero-order chi connectivity index (χ0) is 13.1. The van der Waals surface area contributed by atoms with Crippen molar-refractivity contribution in [3.8, 4) is 0 Å². The van der Waals surface area contributed by atoms with Gasteiger partial charge in [-0.05, 0) is 37.3 Å². The Morgan fingerprint density at radius 3 is 2.94 bits per heavy atom. The third kappa shape index (κ3) is 2.72. The van der Waals surface area contributed by atoms with Crippen LogP contribution in [0.15, 0.2) is 24.3 Å². The molecule has 1 heterocycles. The average Bonchev–Trinajstić information content (AvgIpc) is 2.37. The molecule has 0 bridgehead atoms. The second kappa shape index (κ2) is 5.53. The van der Waals surface area contributed by atoms with Crippen LogP contribution in [0.25, 0.3) is 0 Å². The van der Waals surface area contributed by atoms with Crippen LogP contribution in [-0.2, 0) is 4.79 Å². The summed E-state index contributed by atoms with van der Waals surface area (Å²) < 4.78 is 0. The zero-order valence-corrected chi connectivity index (χ0v) is 11.2. The first-order chi connectivity index (χ1) is 8.59. The molecule has 1 aliphatic rings. The first-order valence-electron chi connectivity index (χ1n) is 6.74. The second-order valence-electron chi connectivity index (χ2n) is 5.31. The van der Waals surface area contributed by atoms with Gasteiger partial charge >= 0.3 is 0 Å². The molecule has 18 heavy (non-hydrogen) atoms. The molecule has 2 rings (SSSR count). The highest BCUT2D eigenvalue weighted by Crippen LogP contribution is 2.34. The number of amides is 1. The van der Waals surface area contributed by atoms with Crippen LogP contribution in [0.3, 0.4) is 0 Å². The van der Waals surface area contributed by atoms with E-state index in [1.807, 2.05) is 24.0 Å². The number of rotatable bonds is 3. The Hall–Kier alpha value is -1.35. The number of hydrogen-bond acceptors (Lipinski definition) is 2. The number of carbonyl (C=O) groups is 1. The molecule has 3 nitrogen and oxygen atoms in total. The molecule has 1 amide bonds. The fourth-order valence-electron chi connectivity index (χ4n) is 2.49. The molecule has 0 spiro atoms. The SMILES string of the molecule is CC(N)CCC(=O)N1CCC(C)c2ccccc21. The van der Waals surface area contributed by atoms with Crippen LogP contribution in [0, 0.1) is 0 Å². The summed E-state index contributed by atoms with van der Waals surface area (Å²) in [7, 11) is 0. The minimum absolute atomic E-state index is 0.0907. The highest BCUT2D eigenvalue weighted by atomic mass is 16.2. The Morgan fingerprint density at radius 1 is 1.50 bits per heavy atom. The van der Waals surface area contributed by atoms with Crippen molar-refractivity contribution >= 4 is 11.6 Å². The number of carbonyl (C=O) groups excluding carboxylic acids is 1. The van der Waals surface area contributed by atoms with Gasteiger partial charge < -0.3 is 10.6 Å². The first-order valence-corrected chi connectivity index (χ1v) is 6.74. The van der Waals surface area contributed by atoms with E-state index in [4.69, 9.17) is 5.73 Å². The lowest BCUT2D eigenvalue weighted by Crippen LogP contribution is -2.36. The van der Waals surface area contributed by atoms with Gasteiger partial charge in [-0.1, -0.05) is 25.1 Å². The molecule has 1 aromatic carbocycles. The van der Waals surface area contributed by atoms with Gasteiger partial charge in [-0.15, -0.1) is 0 Å². The molecule has 3 heteroatoms. The summed E-state index contributed by atoms with van der Waals surface area (Å²) >= 11 is 0. The van der Waals surface area contributed by atoms with E-state index in [0.29, 0.717) is 12.3 Å². The maximum absolute atomic E-state index is 12.2. The van der Waals surface area contributed by atoms with Gasteiger partial charge in [0.15, 0.2) is 0 Å². The monoisotopic (exact) mass is 246 g/mol. The van der Waals surface area contributed by atoms with Crippen molar-refractivity contribution in [2.24, 2.45) is 5.73 Å². The van der Waals surface area contributed by atoms with Crippen molar-refractivity contribution in [3.05, 3.63) is 29.8 Å². The second-order valence-corrected chi connectivity index (χ2v) is 5.31. The summed E-state index contributed by atoms with van der Waals surface area (Å²) in [5, 5.41) is 0. The third-order valence-electron chi connectivity index (χ3n) is 3.66. The largest absolute Gasteiger partial charge is 0.328 e. The van der Waals surface area contributed by atoms with Crippen molar-refractivity contribution in [2.45, 2.75) is 45.1 Å². The minimum Gasteiger partial charge on any atom is -0.328 e. The van der Waals surface area contributed by atoms with Gasteiger partial charge in [-0.2, -0.15) is 0 Å². The van der Waals surface area contributed by atoms with Gasteiger partial charge in [0.1, 0.15) is 0 Å². The van der Waals surface area contributed by atoms with Crippen LogP contribution < -0.4 is 10.6 Å². The van der Waals surface area contributed by atoms with Crippen LogP contribution in [0.2, 0.25) is 0 Å². The van der Waals surface area contributed by atoms with E-state index >= 15 is 0 Å². The lowest BCUT2D eigenvalue weighted by Gasteiger charge is -2.33. The van der Waals surface area contributed by atoms with Crippen molar-refractivity contribution in [3.63, 3.8) is 0 Å². The first kappa shape index (κ1) is 13.1. The molecule has 2 unspecified atom stereocenters. The molecule has 0 saturated carbocycles. The maximum Gasteiger partial charge on any atom is 0.227 e. The summed E-state index contributed by atoms with van der Waals surface area (Å²) in [6.45, 7) is 5.00. The van der Waals surface area contributed by atoms with E-state index in [1.165, 1.54) is 5.56 Å². The lowest BCUT2D eigenvalue weighted by molar-refractivity contribution is -0.118. The fourth-order valence-corrected chi connectivity index (χ4v) is 2.49. The van der Waals surface area contributed by atoms with Gasteiger partial charge in [0.05, 0.1) is 0 Å². The molecule has 0 fully saturated rings. The number of nitrogens with zero attached hydrogens (tertiary/aromatic N) is 1. The number of anilines is 1. The predicted octanol–water partition coefficient (Wildman–Crippen LogP) is 2.65. The summed E-state index contributed by atoms with van der Waals surface area (Å²) in [6, 6.07) is 8.32. The molecule has 2 atom stereocenters. The fraction of sp³-hybridized carbons (Fsp3) is 0.533. The molecular formula is C15H22N2O. The van der Waals surface area contributed by atoms with Crippen LogP contribution in [-0.4, -0.2) is 18.5 Å². The Labute approximate surface area is 109 Å². The van der Waals surface area contributed by atoms with E-state index in [1.54, 1.807) is 0 Å². The van der Waals surface area contributed by atoms with Gasteiger partial charge in [-0.25, -0.2) is 0 Å². The van der Waals surface area contributed by atoms with E-state index in [2.05, 4.69) is 19.1 Å². The Morgan fingerprint density at radius 2 is 2.22 bits per heavy atom. The molecule has 0 aromatic heterocycles. The number of nitrogens with two attached hydrogens (primary N) is 1. The third-order valence-corrected chi connectivity index (χ3v) is 3.66. The van der Waals surface area contributed by atoms with Crippen LogP contribution in [0.5, 0.6) is 0 Å². The molecule has 1 aromatic rings. The van der Waals surface area contributed by atoms with Gasteiger partial charge in [0, 0.05) is 24.7 Å². The standard InChI is InChI=1S/C15H22N2O/c1-11-9-10-17(15(18)8-7-12(2)16)14-6-4-3-5-13(11)14/h3-6,11-12H,7-10,16H2,1-2H3. The topological polar surface area (TPSA) is 46.3 Å². The number of hydrogen-bond donors (Lipinski definition) is 1. The highest BCUT2D eigenvalue weighted by Gasteiger charge is 2.25. The normalized spacial score (nSPS) is 20.4. The molecule has 0 aliphatic carbocycles. The number of para-hydroxylation sites is 1. The van der Waals surface area contributed by atoms with Crippen molar-refractivity contribution in [1.82, 2.24) is 0 Å². The molecule has 0 saturated heterocycles. The van der Waals surface area contributed by atoms with Crippen molar-refractivity contribution in [2.75, 3.05) is 11.4 Å². The molecule has 1 aliphatic heterocycles. The summed E-state index contributed by atoms with van der Waals surface area (Å²) in [5.41, 5.74) is 8.09. The minimum atomic E-state index is 0.0907. The lowest BCUT2D eigenvalue weighted by atomic mass is 9.91. The molecule has 98 valence electrons. The van der Waals surface area contributed by atoms with Gasteiger partial charge in [0.25, 0.3) is 0 Å². The van der Waals surface area contributed by atoms with Crippen LogP contribution in [0.1, 0.15) is 44.6 Å². The van der Waals surface area contributed by atoms with Crippen LogP contribution in [0.4, 0.5) is 5.69 Å². The Kier molecular flexibility index (Phi) is 4.02. The smallest absolute Gasteiger partial charge is 0.227 e. The maximum atomic E-state index is 12.2. The van der Waals surface area contributed by atoms with Gasteiger partial charge in [0.2, 0.25) is 5.91 Å². The summed E-state index contributed by atoms with van der Waals surface area (Å²) in [4.78, 5) is 14.2. The van der Waals surface area contributed by atoms with E-state index < -0.39 is 0 Å². The van der Waals surface area contributed by atoms with E-state index in [0.717, 1.165) is 25.1 Å². The van der Waals surface area contributed by atoms with Crippen molar-refractivity contribution in [1.29, 1.82) is 0 Å². The molecule has 0 radical (unpaired) electrons. The summed E-state index contributed by atoms with van der Waals surface area (Å²) in [5.74, 6) is 0.741. The van der Waals surface area contributed by atoms with Crippen molar-refractivity contribution < 1.29 is 4.79 Å². The number of fused-ring (bicyclic) bond motifs is 1. The molecule has 2 N–H and O–H groups in total. The highest BCUT2D eigenvalue weighted by molar-refractivity contribution is 5.94.